The Labute approximate surface area is 184 Å². The van der Waals surface area contributed by atoms with E-state index in [0.29, 0.717) is 34.3 Å². The third-order valence-electron chi connectivity index (χ3n) is 5.10. The molecule has 2 aliphatic rings. The van der Waals surface area contributed by atoms with Gasteiger partial charge in [-0.05, 0) is 30.7 Å². The number of fused-ring (bicyclic) bond motifs is 1. The van der Waals surface area contributed by atoms with E-state index in [9.17, 15) is 9.59 Å². The first-order valence-corrected chi connectivity index (χ1v) is 10.3. The number of quaternary nitrogens is 1. The van der Waals surface area contributed by atoms with Crippen LogP contribution in [0.1, 0.15) is 24.1 Å². The molecule has 9 heteroatoms. The normalized spacial score (nSPS) is 20.8. The van der Waals surface area contributed by atoms with Crippen molar-refractivity contribution < 1.29 is 29.1 Å². The molecule has 2 atom stereocenters. The van der Waals surface area contributed by atoms with E-state index >= 15 is 0 Å². The largest absolute Gasteiger partial charge is 0.465 e. The van der Waals surface area contributed by atoms with Crippen LogP contribution >= 0.6 is 11.6 Å². The number of ether oxygens (including phenoxy) is 3. The van der Waals surface area contributed by atoms with Gasteiger partial charge in [-0.3, -0.25) is 4.79 Å². The lowest BCUT2D eigenvalue weighted by Crippen LogP contribution is -2.77. The lowest BCUT2D eigenvalue weighted by molar-refractivity contribution is -0.605. The first-order valence-electron chi connectivity index (χ1n) is 9.97. The fraction of sp³-hybridized carbons (Fsp3) is 0.273. The number of halogens is 1. The van der Waals surface area contributed by atoms with E-state index < -0.39 is 24.0 Å². The standard InChI is InChI=1S/C22H22ClN3O5/c1-2-29-21(27)19-16(11-24-10-14-5-3-4-6-15(14)23)25-22(28)26-20(19)13-7-8-17-18(9-13)31-12-30-17/h3-9,11,19-20,24H,2,10,12H2,1H3,(H2,25,26,28)/p+1/b16-11+/t19-,20-/m0/s1. The topological polar surface area (TPSA) is 102 Å². The average molecular weight is 445 g/mol. The summed E-state index contributed by atoms with van der Waals surface area (Å²) in [5.41, 5.74) is 2.12. The van der Waals surface area contributed by atoms with E-state index in [-0.39, 0.29) is 13.4 Å². The van der Waals surface area contributed by atoms with Gasteiger partial charge in [-0.1, -0.05) is 35.9 Å². The van der Waals surface area contributed by atoms with Gasteiger partial charge >= 0.3 is 12.0 Å². The lowest BCUT2D eigenvalue weighted by Gasteiger charge is -2.33. The number of hydrogen-bond donors (Lipinski definition) is 3. The number of amides is 2. The highest BCUT2D eigenvalue weighted by molar-refractivity contribution is 6.31. The van der Waals surface area contributed by atoms with Gasteiger partial charge in [-0.15, -0.1) is 0 Å². The number of carbonyl (C=O) groups excluding carboxylic acids is 2. The van der Waals surface area contributed by atoms with Crippen molar-refractivity contribution in [1.82, 2.24) is 10.6 Å². The molecule has 1 fully saturated rings. The highest BCUT2D eigenvalue weighted by atomic mass is 35.5. The van der Waals surface area contributed by atoms with Crippen LogP contribution in [-0.2, 0) is 16.1 Å². The summed E-state index contributed by atoms with van der Waals surface area (Å²) in [4.78, 5) is 25.3. The predicted molar refractivity (Wildman–Crippen MR) is 112 cm³/mol. The van der Waals surface area contributed by atoms with Gasteiger partial charge in [0, 0.05) is 10.6 Å². The molecule has 4 rings (SSSR count). The van der Waals surface area contributed by atoms with Crippen LogP contribution in [0.4, 0.5) is 4.79 Å². The molecule has 2 aliphatic heterocycles. The number of carbonyl (C=O) groups is 2. The van der Waals surface area contributed by atoms with Crippen LogP contribution in [0, 0.1) is 5.92 Å². The second-order valence-electron chi connectivity index (χ2n) is 7.07. The van der Waals surface area contributed by atoms with E-state index in [0.717, 1.165) is 5.56 Å². The molecule has 0 saturated carbocycles. The molecule has 0 radical (unpaired) electrons. The summed E-state index contributed by atoms with van der Waals surface area (Å²) in [5, 5.41) is 8.11. The molecule has 0 aromatic heterocycles. The molecule has 2 aromatic rings. The van der Waals surface area contributed by atoms with Crippen LogP contribution in [0.5, 0.6) is 11.5 Å². The predicted octanol–water partition coefficient (Wildman–Crippen LogP) is 2.21. The Kier molecular flexibility index (Phi) is 6.29. The summed E-state index contributed by atoms with van der Waals surface area (Å²) in [6.07, 6.45) is 1.74. The van der Waals surface area contributed by atoms with Gasteiger partial charge in [0.1, 0.15) is 18.7 Å². The van der Waals surface area contributed by atoms with E-state index in [1.165, 1.54) is 0 Å². The second-order valence-corrected chi connectivity index (χ2v) is 7.48. The number of urea groups is 1. The van der Waals surface area contributed by atoms with Gasteiger partial charge in [0.15, 0.2) is 11.5 Å². The minimum Gasteiger partial charge on any atom is -0.465 e. The van der Waals surface area contributed by atoms with Crippen molar-refractivity contribution in [2.45, 2.75) is 19.5 Å². The molecule has 8 nitrogen and oxygen atoms in total. The van der Waals surface area contributed by atoms with Crippen LogP contribution in [-0.4, -0.2) is 25.4 Å². The van der Waals surface area contributed by atoms with Crippen molar-refractivity contribution in [3.8, 4) is 11.5 Å². The molecule has 1 saturated heterocycles. The average Bonchev–Trinajstić information content (AvgIpc) is 3.22. The Morgan fingerprint density at radius 2 is 2.06 bits per heavy atom. The number of nitrogens with one attached hydrogen (secondary N) is 2. The third kappa shape index (κ3) is 4.60. The molecule has 2 amide bonds. The highest BCUT2D eigenvalue weighted by Gasteiger charge is 2.41. The molecular weight excluding hydrogens is 422 g/mol. The fourth-order valence-electron chi connectivity index (χ4n) is 3.65. The van der Waals surface area contributed by atoms with E-state index in [1.54, 1.807) is 31.3 Å². The number of nitrogens with two attached hydrogens (primary N) is 1. The molecule has 0 unspecified atom stereocenters. The second kappa shape index (κ2) is 9.28. The van der Waals surface area contributed by atoms with Crippen molar-refractivity contribution in [1.29, 1.82) is 0 Å². The summed E-state index contributed by atoms with van der Waals surface area (Å²) in [6.45, 7) is 2.67. The molecule has 2 heterocycles. The van der Waals surface area contributed by atoms with Gasteiger partial charge in [-0.25, -0.2) is 4.79 Å². The SMILES string of the molecule is CCOC(=O)[C@H]1/C(=C\[NH2+]Cc2ccccc2Cl)NC(=O)N[C@H]1c1ccc2c(c1)OCO2. The number of esters is 1. The Morgan fingerprint density at radius 1 is 1.26 bits per heavy atom. The smallest absolute Gasteiger partial charge is 0.319 e. The monoisotopic (exact) mass is 444 g/mol. The van der Waals surface area contributed by atoms with Crippen molar-refractivity contribution in [3.63, 3.8) is 0 Å². The van der Waals surface area contributed by atoms with Crippen LogP contribution < -0.4 is 25.4 Å². The van der Waals surface area contributed by atoms with E-state index in [1.807, 2.05) is 29.6 Å². The first kappa shape index (κ1) is 21.0. The summed E-state index contributed by atoms with van der Waals surface area (Å²) < 4.78 is 16.1. The third-order valence-corrected chi connectivity index (χ3v) is 5.47. The zero-order valence-corrected chi connectivity index (χ0v) is 17.6. The molecular formula is C22H23ClN3O5+. The summed E-state index contributed by atoms with van der Waals surface area (Å²) in [5.74, 6) is 0.0137. The summed E-state index contributed by atoms with van der Waals surface area (Å²) in [7, 11) is 0. The summed E-state index contributed by atoms with van der Waals surface area (Å²) >= 11 is 6.22. The van der Waals surface area contributed by atoms with Gasteiger partial charge < -0.3 is 30.2 Å². The molecule has 162 valence electrons. The minimum absolute atomic E-state index is 0.140. The van der Waals surface area contributed by atoms with Crippen molar-refractivity contribution in [2.24, 2.45) is 5.92 Å². The zero-order valence-electron chi connectivity index (χ0n) is 16.9. The first-order chi connectivity index (χ1) is 15.1. The molecule has 0 aliphatic carbocycles. The summed E-state index contributed by atoms with van der Waals surface area (Å²) in [6, 6.07) is 11.8. The van der Waals surface area contributed by atoms with Crippen molar-refractivity contribution in [2.75, 3.05) is 13.4 Å². The number of benzene rings is 2. The minimum atomic E-state index is -0.750. The van der Waals surface area contributed by atoms with Gasteiger partial charge in [-0.2, -0.15) is 0 Å². The van der Waals surface area contributed by atoms with Gasteiger partial charge in [0.2, 0.25) is 6.79 Å². The maximum atomic E-state index is 12.9. The van der Waals surface area contributed by atoms with Crippen molar-refractivity contribution in [3.05, 3.63) is 70.5 Å². The highest BCUT2D eigenvalue weighted by Crippen LogP contribution is 2.38. The van der Waals surface area contributed by atoms with Gasteiger partial charge in [0.25, 0.3) is 0 Å². The quantitative estimate of drug-likeness (QED) is 0.593. The molecule has 2 aromatic carbocycles. The number of rotatable bonds is 6. The van der Waals surface area contributed by atoms with Crippen molar-refractivity contribution >= 4 is 23.6 Å². The fourth-order valence-corrected chi connectivity index (χ4v) is 3.86. The van der Waals surface area contributed by atoms with Crippen LogP contribution in [0.25, 0.3) is 0 Å². The molecule has 31 heavy (non-hydrogen) atoms. The Balaban J connectivity index is 1.62. The van der Waals surface area contributed by atoms with Crippen LogP contribution in [0.15, 0.2) is 54.4 Å². The molecule has 0 spiro atoms. The van der Waals surface area contributed by atoms with E-state index in [2.05, 4.69) is 10.6 Å². The zero-order chi connectivity index (χ0) is 21.8. The maximum absolute atomic E-state index is 12.9. The van der Waals surface area contributed by atoms with Crippen LogP contribution in [0.2, 0.25) is 5.02 Å². The Hall–Kier alpha value is -3.23. The lowest BCUT2D eigenvalue weighted by atomic mass is 9.88. The molecule has 0 bridgehead atoms. The Morgan fingerprint density at radius 3 is 2.87 bits per heavy atom. The van der Waals surface area contributed by atoms with Gasteiger partial charge in [0.05, 0.1) is 18.3 Å². The molecule has 4 N–H and O–H groups in total. The maximum Gasteiger partial charge on any atom is 0.319 e. The van der Waals surface area contributed by atoms with E-state index in [4.69, 9.17) is 25.8 Å². The van der Waals surface area contributed by atoms with Crippen LogP contribution in [0.3, 0.4) is 0 Å². The number of hydrogen-bond acceptors (Lipinski definition) is 5. The Bertz CT molecular complexity index is 1030.